The molecule has 0 bridgehead atoms. The number of piperidine rings is 1. The van der Waals surface area contributed by atoms with E-state index in [1.165, 1.54) is 12.1 Å². The van der Waals surface area contributed by atoms with Crippen molar-refractivity contribution in [3.8, 4) is 11.5 Å². The lowest BCUT2D eigenvalue weighted by atomic mass is 10.0. The van der Waals surface area contributed by atoms with E-state index in [1.807, 2.05) is 6.92 Å². The molecule has 1 aliphatic rings. The molecular formula is C13H18N2O3. The van der Waals surface area contributed by atoms with Crippen LogP contribution in [0, 0.1) is 0 Å². The Kier molecular flexibility index (Phi) is 3.72. The van der Waals surface area contributed by atoms with Gasteiger partial charge in [0, 0.05) is 12.6 Å². The van der Waals surface area contributed by atoms with Gasteiger partial charge in [0.15, 0.2) is 0 Å². The van der Waals surface area contributed by atoms with E-state index in [1.54, 1.807) is 6.07 Å². The molecule has 1 aromatic carbocycles. The quantitative estimate of drug-likeness (QED) is 0.646. The number of hydrogen-bond acceptors (Lipinski definition) is 4. The average Bonchev–Trinajstić information content (AvgIpc) is 2.32. The van der Waals surface area contributed by atoms with Crippen molar-refractivity contribution in [1.29, 1.82) is 0 Å². The fraction of sp³-hybridized carbons (Fsp3) is 0.462. The molecule has 98 valence electrons. The molecule has 0 spiro atoms. The van der Waals surface area contributed by atoms with E-state index in [-0.39, 0.29) is 29.5 Å². The summed E-state index contributed by atoms with van der Waals surface area (Å²) in [6, 6.07) is 4.06. The van der Waals surface area contributed by atoms with Gasteiger partial charge in [-0.05, 0) is 31.9 Å². The number of nitrogens with one attached hydrogen (secondary N) is 2. The van der Waals surface area contributed by atoms with Crippen LogP contribution in [0.2, 0.25) is 0 Å². The molecular weight excluding hydrogens is 232 g/mol. The molecule has 2 rings (SSSR count). The molecule has 1 amide bonds. The first kappa shape index (κ1) is 12.7. The van der Waals surface area contributed by atoms with Crippen LogP contribution < -0.4 is 10.6 Å². The van der Waals surface area contributed by atoms with Crippen molar-refractivity contribution in [3.63, 3.8) is 0 Å². The summed E-state index contributed by atoms with van der Waals surface area (Å²) in [7, 11) is 0. The second-order valence-corrected chi connectivity index (χ2v) is 4.58. The number of carbonyl (C=O) groups is 1. The first-order valence-electron chi connectivity index (χ1n) is 6.14. The minimum Gasteiger partial charge on any atom is -0.507 e. The average molecular weight is 250 g/mol. The number of carbonyl (C=O) groups excluding carboxylic acids is 1. The van der Waals surface area contributed by atoms with Gasteiger partial charge in [0.2, 0.25) is 5.91 Å². The lowest BCUT2D eigenvalue weighted by Gasteiger charge is -2.27. The van der Waals surface area contributed by atoms with Crippen LogP contribution in [-0.4, -0.2) is 28.7 Å². The Labute approximate surface area is 106 Å². The Bertz CT molecular complexity index is 428. The molecule has 1 saturated heterocycles. The first-order valence-corrected chi connectivity index (χ1v) is 6.14. The Morgan fingerprint density at radius 1 is 1.39 bits per heavy atom. The third-order valence-electron chi connectivity index (χ3n) is 3.23. The molecule has 5 nitrogen and oxygen atoms in total. The predicted octanol–water partition coefficient (Wildman–Crippen LogP) is 1.03. The lowest BCUT2D eigenvalue weighted by Crippen LogP contribution is -2.48. The monoisotopic (exact) mass is 250 g/mol. The summed E-state index contributed by atoms with van der Waals surface area (Å²) in [6.07, 6.45) is 1.70. The van der Waals surface area contributed by atoms with Crippen molar-refractivity contribution < 1.29 is 15.0 Å². The standard InChI is InChI=1S/C13H18N2O3/c1-8(12-10(16)5-2-6-11(12)17)15-9-4-3-7-14-13(9)18/h2,5-6,8-9,15-17H,3-4,7H2,1H3,(H,14,18). The molecule has 0 aromatic heterocycles. The van der Waals surface area contributed by atoms with Crippen LogP contribution in [0.15, 0.2) is 18.2 Å². The molecule has 0 radical (unpaired) electrons. The van der Waals surface area contributed by atoms with Gasteiger partial charge in [-0.25, -0.2) is 0 Å². The number of benzene rings is 1. The molecule has 0 saturated carbocycles. The smallest absolute Gasteiger partial charge is 0.237 e. The molecule has 0 aliphatic carbocycles. The van der Waals surface area contributed by atoms with Crippen LogP contribution >= 0.6 is 0 Å². The number of hydrogen-bond donors (Lipinski definition) is 4. The molecule has 1 aromatic rings. The van der Waals surface area contributed by atoms with E-state index in [0.29, 0.717) is 12.1 Å². The van der Waals surface area contributed by atoms with Crippen molar-refractivity contribution in [3.05, 3.63) is 23.8 Å². The van der Waals surface area contributed by atoms with E-state index in [9.17, 15) is 15.0 Å². The van der Waals surface area contributed by atoms with Crippen LogP contribution in [0.1, 0.15) is 31.4 Å². The highest BCUT2D eigenvalue weighted by Crippen LogP contribution is 2.32. The van der Waals surface area contributed by atoms with Gasteiger partial charge in [-0.2, -0.15) is 0 Å². The van der Waals surface area contributed by atoms with E-state index < -0.39 is 0 Å². The number of aromatic hydroxyl groups is 2. The van der Waals surface area contributed by atoms with E-state index in [2.05, 4.69) is 10.6 Å². The van der Waals surface area contributed by atoms with Gasteiger partial charge < -0.3 is 15.5 Å². The summed E-state index contributed by atoms with van der Waals surface area (Å²) in [4.78, 5) is 11.6. The minimum absolute atomic E-state index is 0.0250. The number of phenolic OH excluding ortho intramolecular Hbond substituents is 2. The number of amides is 1. The molecule has 2 unspecified atom stereocenters. The van der Waals surface area contributed by atoms with Crippen LogP contribution in [0.4, 0.5) is 0 Å². The van der Waals surface area contributed by atoms with Crippen molar-refractivity contribution in [2.75, 3.05) is 6.54 Å². The summed E-state index contributed by atoms with van der Waals surface area (Å²) >= 11 is 0. The Hall–Kier alpha value is -1.75. The largest absolute Gasteiger partial charge is 0.507 e. The minimum atomic E-state index is -0.292. The SMILES string of the molecule is CC(NC1CCCNC1=O)c1c(O)cccc1O. The second-order valence-electron chi connectivity index (χ2n) is 4.58. The van der Waals surface area contributed by atoms with Crippen LogP contribution in [0.3, 0.4) is 0 Å². The normalized spacial score (nSPS) is 21.4. The number of rotatable bonds is 3. The maximum absolute atomic E-state index is 11.6. The van der Waals surface area contributed by atoms with Crippen molar-refractivity contribution in [1.82, 2.24) is 10.6 Å². The Balaban J connectivity index is 2.11. The van der Waals surface area contributed by atoms with Crippen molar-refractivity contribution in [2.24, 2.45) is 0 Å². The summed E-state index contributed by atoms with van der Waals surface area (Å²) in [5.41, 5.74) is 0.427. The zero-order valence-electron chi connectivity index (χ0n) is 10.3. The van der Waals surface area contributed by atoms with Gasteiger partial charge in [-0.15, -0.1) is 0 Å². The summed E-state index contributed by atoms with van der Waals surface area (Å²) < 4.78 is 0. The zero-order valence-corrected chi connectivity index (χ0v) is 10.3. The van der Waals surface area contributed by atoms with Crippen molar-refractivity contribution >= 4 is 5.91 Å². The molecule has 1 heterocycles. The topological polar surface area (TPSA) is 81.6 Å². The Morgan fingerprint density at radius 3 is 2.67 bits per heavy atom. The second kappa shape index (κ2) is 5.27. The highest BCUT2D eigenvalue weighted by molar-refractivity contribution is 5.82. The summed E-state index contributed by atoms with van der Waals surface area (Å²) in [6.45, 7) is 2.53. The first-order chi connectivity index (χ1) is 8.59. The third-order valence-corrected chi connectivity index (χ3v) is 3.23. The summed E-state index contributed by atoms with van der Waals surface area (Å²) in [5.74, 6) is 0.0421. The van der Waals surface area contributed by atoms with Crippen molar-refractivity contribution in [2.45, 2.75) is 31.8 Å². The maximum Gasteiger partial charge on any atom is 0.237 e. The third kappa shape index (κ3) is 2.56. The fourth-order valence-electron chi connectivity index (χ4n) is 2.30. The Morgan fingerprint density at radius 2 is 2.06 bits per heavy atom. The highest BCUT2D eigenvalue weighted by Gasteiger charge is 2.25. The predicted molar refractivity (Wildman–Crippen MR) is 67.4 cm³/mol. The maximum atomic E-state index is 11.6. The van der Waals surface area contributed by atoms with Gasteiger partial charge in [-0.1, -0.05) is 6.07 Å². The van der Waals surface area contributed by atoms with Gasteiger partial charge in [0.1, 0.15) is 11.5 Å². The molecule has 5 heteroatoms. The van der Waals surface area contributed by atoms with Crippen LogP contribution in [-0.2, 0) is 4.79 Å². The molecule has 4 N–H and O–H groups in total. The van der Waals surface area contributed by atoms with E-state index in [4.69, 9.17) is 0 Å². The molecule has 18 heavy (non-hydrogen) atoms. The highest BCUT2D eigenvalue weighted by atomic mass is 16.3. The zero-order chi connectivity index (χ0) is 13.1. The van der Waals surface area contributed by atoms with Crippen LogP contribution in [0.25, 0.3) is 0 Å². The van der Waals surface area contributed by atoms with Gasteiger partial charge >= 0.3 is 0 Å². The fourth-order valence-corrected chi connectivity index (χ4v) is 2.30. The summed E-state index contributed by atoms with van der Waals surface area (Å²) in [5, 5.41) is 25.4. The van der Waals surface area contributed by atoms with Crippen LogP contribution in [0.5, 0.6) is 11.5 Å². The molecule has 1 fully saturated rings. The lowest BCUT2D eigenvalue weighted by molar-refractivity contribution is -0.124. The molecule has 2 atom stereocenters. The van der Waals surface area contributed by atoms with E-state index >= 15 is 0 Å². The number of phenols is 2. The van der Waals surface area contributed by atoms with Gasteiger partial charge in [-0.3, -0.25) is 10.1 Å². The molecule has 1 aliphatic heterocycles. The van der Waals surface area contributed by atoms with Gasteiger partial charge in [0.05, 0.1) is 11.6 Å². The van der Waals surface area contributed by atoms with Gasteiger partial charge in [0.25, 0.3) is 0 Å². The van der Waals surface area contributed by atoms with E-state index in [0.717, 1.165) is 12.8 Å².